The fourth-order valence-electron chi connectivity index (χ4n) is 3.21. The molecule has 0 bridgehead atoms. The predicted octanol–water partition coefficient (Wildman–Crippen LogP) is 4.98. The molecule has 1 amide bonds. The van der Waals surface area contributed by atoms with E-state index in [9.17, 15) is 20.0 Å². The van der Waals surface area contributed by atoms with Crippen molar-refractivity contribution < 1.29 is 14.8 Å². The van der Waals surface area contributed by atoms with Crippen molar-refractivity contribution in [2.24, 2.45) is 5.10 Å². The number of hydrogen-bond acceptors (Lipinski definition) is 5. The number of nitro groups is 1. The number of halogens is 1. The number of fused-ring (bicyclic) bond motifs is 1. The maximum Gasteiger partial charge on any atom is 0.288 e. The Hall–Kier alpha value is -3.98. The van der Waals surface area contributed by atoms with Gasteiger partial charge in [0.2, 0.25) is 0 Å². The summed E-state index contributed by atoms with van der Waals surface area (Å²) in [6.45, 7) is 0. The van der Waals surface area contributed by atoms with Gasteiger partial charge in [0.25, 0.3) is 11.6 Å². The highest BCUT2D eigenvalue weighted by Gasteiger charge is 2.19. The van der Waals surface area contributed by atoms with Gasteiger partial charge in [0, 0.05) is 38.6 Å². The first kappa shape index (κ1) is 20.3. The van der Waals surface area contributed by atoms with Gasteiger partial charge in [-0.05, 0) is 29.8 Å². The van der Waals surface area contributed by atoms with E-state index in [2.05, 4.69) is 31.4 Å². The van der Waals surface area contributed by atoms with E-state index in [1.54, 1.807) is 0 Å². The van der Waals surface area contributed by atoms with Crippen LogP contribution in [-0.4, -0.2) is 27.1 Å². The molecule has 0 spiro atoms. The minimum atomic E-state index is -0.579. The molecular weight excluding hydrogens is 464 g/mol. The highest BCUT2D eigenvalue weighted by Crippen LogP contribution is 2.34. The summed E-state index contributed by atoms with van der Waals surface area (Å²) in [6.07, 6.45) is 1.15. The van der Waals surface area contributed by atoms with Gasteiger partial charge in [0.1, 0.15) is 11.4 Å². The topological polar surface area (TPSA) is 121 Å². The molecular formula is C22H15BrN4O4. The van der Waals surface area contributed by atoms with Gasteiger partial charge in [-0.1, -0.05) is 46.3 Å². The number of amides is 1. The third-order valence-corrected chi connectivity index (χ3v) is 5.14. The lowest BCUT2D eigenvalue weighted by Gasteiger charge is -2.05. The van der Waals surface area contributed by atoms with Crippen LogP contribution >= 0.6 is 15.9 Å². The zero-order chi connectivity index (χ0) is 22.0. The van der Waals surface area contributed by atoms with Crippen molar-refractivity contribution in [1.29, 1.82) is 0 Å². The maximum atomic E-state index is 12.9. The van der Waals surface area contributed by atoms with E-state index in [1.807, 2.05) is 48.5 Å². The molecule has 9 heteroatoms. The number of phenolic OH excluding ortho intramolecular Hbond substituents is 1. The van der Waals surface area contributed by atoms with Crippen LogP contribution in [0.3, 0.4) is 0 Å². The number of benzene rings is 3. The number of nitrogens with one attached hydrogen (secondary N) is 2. The molecule has 0 saturated carbocycles. The lowest BCUT2D eigenvalue weighted by molar-refractivity contribution is -0.384. The van der Waals surface area contributed by atoms with Crippen molar-refractivity contribution in [1.82, 2.24) is 10.4 Å². The van der Waals surface area contributed by atoms with Gasteiger partial charge in [-0.2, -0.15) is 5.10 Å². The van der Waals surface area contributed by atoms with E-state index in [0.29, 0.717) is 5.69 Å². The SMILES string of the molecule is O=C(N/N=C\c1cc([N+](=O)[O-])ccc1O)c1[nH]c2ccc(Br)cc2c1-c1ccccc1. The molecule has 0 atom stereocenters. The van der Waals surface area contributed by atoms with E-state index in [1.165, 1.54) is 18.2 Å². The Balaban J connectivity index is 1.68. The second kappa shape index (κ2) is 8.41. The second-order valence-corrected chi connectivity index (χ2v) is 7.55. The molecule has 0 aliphatic rings. The molecule has 0 radical (unpaired) electrons. The van der Waals surface area contributed by atoms with E-state index in [4.69, 9.17) is 0 Å². The van der Waals surface area contributed by atoms with Gasteiger partial charge in [-0.25, -0.2) is 5.43 Å². The summed E-state index contributed by atoms with van der Waals surface area (Å²) >= 11 is 3.47. The summed E-state index contributed by atoms with van der Waals surface area (Å²) in [5.41, 5.74) is 5.02. The van der Waals surface area contributed by atoms with Crippen molar-refractivity contribution in [2.45, 2.75) is 0 Å². The fourth-order valence-corrected chi connectivity index (χ4v) is 3.58. The molecule has 1 aromatic heterocycles. The highest BCUT2D eigenvalue weighted by molar-refractivity contribution is 9.10. The van der Waals surface area contributed by atoms with Crippen molar-refractivity contribution in [2.75, 3.05) is 0 Å². The average molecular weight is 479 g/mol. The maximum absolute atomic E-state index is 12.9. The quantitative estimate of drug-likeness (QED) is 0.213. The zero-order valence-electron chi connectivity index (χ0n) is 15.9. The fraction of sp³-hybridized carbons (Fsp3) is 0. The normalized spacial score (nSPS) is 11.1. The van der Waals surface area contributed by atoms with Crippen LogP contribution in [0.1, 0.15) is 16.1 Å². The molecule has 1 heterocycles. The third kappa shape index (κ3) is 4.17. The number of aromatic amines is 1. The van der Waals surface area contributed by atoms with Gasteiger partial charge in [-0.3, -0.25) is 14.9 Å². The molecule has 0 fully saturated rings. The van der Waals surface area contributed by atoms with Gasteiger partial charge in [-0.15, -0.1) is 0 Å². The molecule has 0 unspecified atom stereocenters. The van der Waals surface area contributed by atoms with Crippen LogP contribution in [0, 0.1) is 10.1 Å². The number of hydrogen-bond donors (Lipinski definition) is 3. The van der Waals surface area contributed by atoms with Crippen molar-refractivity contribution in [3.63, 3.8) is 0 Å². The molecule has 4 aromatic rings. The number of rotatable bonds is 5. The zero-order valence-corrected chi connectivity index (χ0v) is 17.5. The number of phenols is 1. The van der Waals surface area contributed by atoms with Gasteiger partial charge in [0.05, 0.1) is 11.1 Å². The van der Waals surface area contributed by atoms with Crippen molar-refractivity contribution in [3.8, 4) is 16.9 Å². The minimum Gasteiger partial charge on any atom is -0.507 e. The Morgan fingerprint density at radius 1 is 1.13 bits per heavy atom. The lowest BCUT2D eigenvalue weighted by Crippen LogP contribution is -2.18. The monoisotopic (exact) mass is 478 g/mol. The number of nitro benzene ring substituents is 1. The Morgan fingerprint density at radius 3 is 2.65 bits per heavy atom. The van der Waals surface area contributed by atoms with Crippen LogP contribution < -0.4 is 5.43 Å². The van der Waals surface area contributed by atoms with Gasteiger partial charge in [0.15, 0.2) is 0 Å². The largest absolute Gasteiger partial charge is 0.507 e. The van der Waals surface area contributed by atoms with Crippen molar-refractivity contribution in [3.05, 3.63) is 92.6 Å². The predicted molar refractivity (Wildman–Crippen MR) is 121 cm³/mol. The van der Waals surface area contributed by atoms with Crippen molar-refractivity contribution >= 4 is 44.6 Å². The van der Waals surface area contributed by atoms with Crippen LogP contribution in [-0.2, 0) is 0 Å². The number of hydrazone groups is 1. The summed E-state index contributed by atoms with van der Waals surface area (Å²) < 4.78 is 0.877. The number of carbonyl (C=O) groups excluding carboxylic acids is 1. The first-order valence-electron chi connectivity index (χ1n) is 9.11. The minimum absolute atomic E-state index is 0.110. The van der Waals surface area contributed by atoms with Crippen LogP contribution in [0.25, 0.3) is 22.0 Å². The lowest BCUT2D eigenvalue weighted by atomic mass is 10.0. The van der Waals surface area contributed by atoms with Gasteiger partial charge < -0.3 is 10.1 Å². The van der Waals surface area contributed by atoms with Crippen LogP contribution in [0.5, 0.6) is 5.75 Å². The van der Waals surface area contributed by atoms with E-state index < -0.39 is 10.8 Å². The Labute approximate surface area is 184 Å². The Morgan fingerprint density at radius 2 is 1.90 bits per heavy atom. The van der Waals surface area contributed by atoms with E-state index in [0.717, 1.165) is 32.7 Å². The summed E-state index contributed by atoms with van der Waals surface area (Å²) in [6, 6.07) is 18.7. The smallest absolute Gasteiger partial charge is 0.288 e. The highest BCUT2D eigenvalue weighted by atomic mass is 79.9. The molecule has 8 nitrogen and oxygen atoms in total. The number of aromatic hydroxyl groups is 1. The summed E-state index contributed by atoms with van der Waals surface area (Å²) in [7, 11) is 0. The number of nitrogens with zero attached hydrogens (tertiary/aromatic N) is 2. The summed E-state index contributed by atoms with van der Waals surface area (Å²) in [4.78, 5) is 26.4. The third-order valence-electron chi connectivity index (χ3n) is 4.64. The molecule has 31 heavy (non-hydrogen) atoms. The Bertz CT molecular complexity index is 1330. The molecule has 0 aliphatic heterocycles. The molecule has 0 aliphatic carbocycles. The number of aromatic nitrogens is 1. The van der Waals surface area contributed by atoms with E-state index >= 15 is 0 Å². The van der Waals surface area contributed by atoms with Crippen LogP contribution in [0.2, 0.25) is 0 Å². The average Bonchev–Trinajstić information content (AvgIpc) is 3.14. The Kier molecular flexibility index (Phi) is 5.50. The number of H-pyrrole nitrogens is 1. The number of carbonyl (C=O) groups is 1. The molecule has 0 saturated heterocycles. The molecule has 3 N–H and O–H groups in total. The molecule has 154 valence electrons. The molecule has 3 aromatic carbocycles. The second-order valence-electron chi connectivity index (χ2n) is 6.63. The summed E-state index contributed by atoms with van der Waals surface area (Å²) in [5.74, 6) is -0.684. The van der Waals surface area contributed by atoms with Crippen LogP contribution in [0.4, 0.5) is 5.69 Å². The first-order valence-corrected chi connectivity index (χ1v) is 9.91. The first-order chi connectivity index (χ1) is 14.9. The van der Waals surface area contributed by atoms with Gasteiger partial charge >= 0.3 is 0 Å². The van der Waals surface area contributed by atoms with E-state index in [-0.39, 0.29) is 17.0 Å². The number of non-ortho nitro benzene ring substituents is 1. The summed E-state index contributed by atoms with van der Waals surface area (Å²) in [5, 5.41) is 25.5. The molecule has 4 rings (SSSR count). The standard InChI is InChI=1S/C22H15BrN4O4/c23-15-6-8-18-17(11-15)20(13-4-2-1-3-5-13)21(25-18)22(29)26-24-12-14-10-16(27(30)31)7-9-19(14)28/h1-12,25,28H,(H,26,29)/b24-12-. The van der Waals surface area contributed by atoms with Crippen LogP contribution in [0.15, 0.2) is 76.3 Å².